The molecule has 4 rings (SSSR count). The summed E-state index contributed by atoms with van der Waals surface area (Å²) in [6.07, 6.45) is 0. The number of aromatic nitrogens is 2. The minimum Gasteiger partial charge on any atom is -0.509 e. The molecule has 0 aliphatic rings. The zero-order valence-electron chi connectivity index (χ0n) is 19.1. The monoisotopic (exact) mass is 444 g/mol. The van der Waals surface area contributed by atoms with E-state index in [0.717, 1.165) is 5.52 Å². The molecule has 5 nitrogen and oxygen atoms in total. The molecule has 0 aliphatic heterocycles. The molecule has 4 aromatic rings. The summed E-state index contributed by atoms with van der Waals surface area (Å²) in [5.41, 5.74) is 1.83. The van der Waals surface area contributed by atoms with Gasteiger partial charge in [0.1, 0.15) is 5.52 Å². The van der Waals surface area contributed by atoms with Crippen molar-refractivity contribution in [2.75, 3.05) is 7.11 Å². The second kappa shape index (κ2) is 8.28. The van der Waals surface area contributed by atoms with Gasteiger partial charge in [-0.25, -0.2) is 4.79 Å². The van der Waals surface area contributed by atoms with Gasteiger partial charge in [-0.15, -0.1) is 0 Å². The number of rotatable bonds is 5. The zero-order valence-corrected chi connectivity index (χ0v) is 20.1. The van der Waals surface area contributed by atoms with Crippen LogP contribution < -0.4 is 14.8 Å². The number of aryl methyl sites for hydroxylation is 1. The largest absolute Gasteiger partial charge is 0.509 e. The van der Waals surface area contributed by atoms with E-state index in [1.165, 1.54) is 17.5 Å². The van der Waals surface area contributed by atoms with Gasteiger partial charge in [-0.1, -0.05) is 87.5 Å². The second-order valence-electron chi connectivity index (χ2n) is 8.88. The Kier molecular flexibility index (Phi) is 5.65. The normalized spacial score (nSPS) is 12.0. The molecule has 164 valence electrons. The first kappa shape index (κ1) is 21.8. The zero-order chi connectivity index (χ0) is 22.9. The van der Waals surface area contributed by atoms with E-state index < -0.39 is 14.3 Å². The number of imidazole rings is 1. The number of hydrogen-bond acceptors (Lipinski definition) is 4. The fourth-order valence-corrected chi connectivity index (χ4v) is 8.73. The van der Waals surface area contributed by atoms with Crippen LogP contribution in [0.1, 0.15) is 31.1 Å². The first-order valence-corrected chi connectivity index (χ1v) is 12.5. The molecule has 0 amide bonds. The molecule has 0 aliphatic carbocycles. The summed E-state index contributed by atoms with van der Waals surface area (Å²) in [5, 5.41) is 2.14. The van der Waals surface area contributed by atoms with Crippen molar-refractivity contribution in [3.8, 4) is 6.01 Å². The summed E-state index contributed by atoms with van der Waals surface area (Å²) >= 11 is 0. The van der Waals surface area contributed by atoms with Crippen LogP contribution in [0.15, 0.2) is 78.9 Å². The fourth-order valence-electron chi connectivity index (χ4n) is 4.35. The third-order valence-corrected chi connectivity index (χ3v) is 10.8. The number of carbonyl (C=O) groups excluding carboxylic acids is 1. The Morgan fingerprint density at radius 3 is 1.94 bits per heavy atom. The Hall–Kier alpha value is -3.38. The summed E-state index contributed by atoms with van der Waals surface area (Å²) in [6, 6.07) is 26.8. The molecular weight excluding hydrogens is 416 g/mol. The maximum absolute atomic E-state index is 12.3. The van der Waals surface area contributed by atoms with Gasteiger partial charge in [-0.2, -0.15) is 4.98 Å². The van der Waals surface area contributed by atoms with Gasteiger partial charge >= 0.3 is 14.3 Å². The number of nitrogens with zero attached hydrogens (tertiary/aromatic N) is 2. The lowest BCUT2D eigenvalue weighted by Crippen LogP contribution is -2.69. The highest BCUT2D eigenvalue weighted by Crippen LogP contribution is 2.38. The number of hydrogen-bond donors (Lipinski definition) is 0. The van der Waals surface area contributed by atoms with Crippen LogP contribution in [0.4, 0.5) is 0 Å². The van der Waals surface area contributed by atoms with Gasteiger partial charge in [0.25, 0.3) is 6.01 Å². The predicted octanol–water partition coefficient (Wildman–Crippen LogP) is 4.30. The van der Waals surface area contributed by atoms with E-state index in [-0.39, 0.29) is 5.04 Å². The summed E-state index contributed by atoms with van der Waals surface area (Å²) in [6.45, 7) is 6.67. The number of esters is 1. The van der Waals surface area contributed by atoms with E-state index in [1.54, 1.807) is 6.07 Å². The molecule has 0 bridgehead atoms. The van der Waals surface area contributed by atoms with Gasteiger partial charge in [0.15, 0.2) is 0 Å². The lowest BCUT2D eigenvalue weighted by atomic mass is 10.2. The Morgan fingerprint density at radius 1 is 0.875 bits per heavy atom. The van der Waals surface area contributed by atoms with Crippen LogP contribution >= 0.6 is 0 Å². The maximum atomic E-state index is 12.3. The van der Waals surface area contributed by atoms with E-state index >= 15 is 0 Å². The number of benzene rings is 3. The topological polar surface area (TPSA) is 53.4 Å². The molecule has 1 heterocycles. The van der Waals surface area contributed by atoms with Crippen LogP contribution in [-0.2, 0) is 11.8 Å². The molecule has 0 N–H and O–H groups in total. The van der Waals surface area contributed by atoms with Gasteiger partial charge < -0.3 is 9.16 Å². The van der Waals surface area contributed by atoms with Crippen LogP contribution in [0.25, 0.3) is 11.0 Å². The summed E-state index contributed by atoms with van der Waals surface area (Å²) < 4.78 is 13.9. The van der Waals surface area contributed by atoms with Crippen molar-refractivity contribution in [2.24, 2.45) is 7.05 Å². The van der Waals surface area contributed by atoms with Gasteiger partial charge in [0.05, 0.1) is 18.2 Å². The predicted molar refractivity (Wildman–Crippen MR) is 130 cm³/mol. The molecule has 0 radical (unpaired) electrons. The van der Waals surface area contributed by atoms with E-state index in [0.29, 0.717) is 17.1 Å². The highest BCUT2D eigenvalue weighted by Gasteiger charge is 2.52. The van der Waals surface area contributed by atoms with Crippen molar-refractivity contribution in [3.63, 3.8) is 0 Å². The molecule has 0 spiro atoms. The first-order valence-electron chi connectivity index (χ1n) is 10.6. The fraction of sp³-hybridized carbons (Fsp3) is 0.231. The van der Waals surface area contributed by atoms with E-state index in [1.807, 2.05) is 35.9 Å². The summed E-state index contributed by atoms with van der Waals surface area (Å²) in [5.74, 6) is -0.411. The Morgan fingerprint density at radius 2 is 1.44 bits per heavy atom. The van der Waals surface area contributed by atoms with Gasteiger partial charge in [-0.3, -0.25) is 4.57 Å². The van der Waals surface area contributed by atoms with Crippen LogP contribution in [0, 0.1) is 0 Å². The van der Waals surface area contributed by atoms with E-state index in [4.69, 9.17) is 14.1 Å². The number of methoxy groups -OCH3 is 1. The molecule has 6 heteroatoms. The van der Waals surface area contributed by atoms with E-state index in [2.05, 4.69) is 69.3 Å². The first-order chi connectivity index (χ1) is 15.3. The standard InChI is InChI=1S/C26H28N2O3Si/c1-26(2,3)32(19-13-8-6-9-14-19,20-15-10-7-11-16-20)31-25-27-23-21(24(29)30-5)17-12-18-22(23)28(25)4/h6-18H,1-5H3. The lowest BCUT2D eigenvalue weighted by Gasteiger charge is -2.42. The molecule has 0 fully saturated rings. The number of fused-ring (bicyclic) bond motifs is 1. The lowest BCUT2D eigenvalue weighted by molar-refractivity contribution is 0.0603. The minimum absolute atomic E-state index is 0.195. The number of para-hydroxylation sites is 1. The van der Waals surface area contributed by atoms with Gasteiger partial charge in [0, 0.05) is 7.05 Å². The van der Waals surface area contributed by atoms with Crippen molar-refractivity contribution >= 4 is 35.7 Å². The summed E-state index contributed by atoms with van der Waals surface area (Å²) in [4.78, 5) is 17.1. The van der Waals surface area contributed by atoms with Crippen LogP contribution in [0.3, 0.4) is 0 Å². The third kappa shape index (κ3) is 3.50. The molecule has 0 atom stereocenters. The molecule has 1 aromatic heterocycles. The Bertz CT molecular complexity index is 1210. The molecule has 0 saturated heterocycles. The van der Waals surface area contributed by atoms with Crippen LogP contribution in [0.5, 0.6) is 6.01 Å². The van der Waals surface area contributed by atoms with Crippen molar-refractivity contribution in [2.45, 2.75) is 25.8 Å². The number of carbonyl (C=O) groups is 1. The Balaban J connectivity index is 1.98. The highest BCUT2D eigenvalue weighted by molar-refractivity contribution is 7.00. The summed E-state index contributed by atoms with van der Waals surface area (Å²) in [7, 11) is 0.462. The van der Waals surface area contributed by atoms with Crippen LogP contribution in [-0.4, -0.2) is 30.9 Å². The third-order valence-electron chi connectivity index (χ3n) is 5.94. The van der Waals surface area contributed by atoms with Gasteiger partial charge in [-0.05, 0) is 27.5 Å². The van der Waals surface area contributed by atoms with Crippen molar-refractivity contribution < 1.29 is 14.0 Å². The highest BCUT2D eigenvalue weighted by atomic mass is 28.4. The SMILES string of the molecule is COC(=O)c1cccc2c1nc(O[Si](c1ccccc1)(c1ccccc1)C(C)(C)C)n2C. The number of ether oxygens (including phenoxy) is 1. The smallest absolute Gasteiger partial charge is 0.340 e. The molecular formula is C26H28N2O3Si. The van der Waals surface area contributed by atoms with Crippen molar-refractivity contribution in [1.82, 2.24) is 9.55 Å². The van der Waals surface area contributed by atoms with E-state index in [9.17, 15) is 4.79 Å². The van der Waals surface area contributed by atoms with Crippen molar-refractivity contribution in [1.29, 1.82) is 0 Å². The molecule has 0 unspecified atom stereocenters. The molecule has 32 heavy (non-hydrogen) atoms. The van der Waals surface area contributed by atoms with Crippen LogP contribution in [0.2, 0.25) is 5.04 Å². The average Bonchev–Trinajstić information content (AvgIpc) is 3.12. The molecule has 0 saturated carbocycles. The maximum Gasteiger partial charge on any atom is 0.340 e. The quantitative estimate of drug-likeness (QED) is 0.340. The van der Waals surface area contributed by atoms with Crippen molar-refractivity contribution in [3.05, 3.63) is 84.4 Å². The molecule has 3 aromatic carbocycles. The average molecular weight is 445 g/mol. The minimum atomic E-state index is -2.84. The second-order valence-corrected chi connectivity index (χ2v) is 13.1. The van der Waals surface area contributed by atoms with Gasteiger partial charge in [0.2, 0.25) is 0 Å². The Labute approximate surface area is 189 Å².